The summed E-state index contributed by atoms with van der Waals surface area (Å²) in [6.07, 6.45) is 1.98. The van der Waals surface area contributed by atoms with Crippen LogP contribution in [0.3, 0.4) is 0 Å². The Balaban J connectivity index is 1.92. The van der Waals surface area contributed by atoms with Gasteiger partial charge in [0.25, 0.3) is 0 Å². The van der Waals surface area contributed by atoms with Gasteiger partial charge in [-0.3, -0.25) is 0 Å². The van der Waals surface area contributed by atoms with E-state index in [-0.39, 0.29) is 4.83 Å². The molecule has 0 N–H and O–H groups in total. The number of benzene rings is 2. The zero-order chi connectivity index (χ0) is 15.0. The van der Waals surface area contributed by atoms with Gasteiger partial charge in [0.15, 0.2) is 0 Å². The Bertz CT molecular complexity index is 679. The first-order valence-electron chi connectivity index (χ1n) is 7.20. The van der Waals surface area contributed by atoms with Crippen molar-refractivity contribution < 1.29 is 4.74 Å². The van der Waals surface area contributed by atoms with E-state index in [4.69, 9.17) is 4.74 Å². The molecule has 110 valence electrons. The predicted octanol–water partition coefficient (Wildman–Crippen LogP) is 5.68. The lowest BCUT2D eigenvalue weighted by Crippen LogP contribution is -2.01. The smallest absolute Gasteiger partial charge is 0.127 e. The lowest BCUT2D eigenvalue weighted by atomic mass is 9.97. The highest BCUT2D eigenvalue weighted by Gasteiger charge is 2.22. The van der Waals surface area contributed by atoms with E-state index in [0.717, 1.165) is 29.7 Å². The van der Waals surface area contributed by atoms with Gasteiger partial charge in [-0.25, -0.2) is 0 Å². The van der Waals surface area contributed by atoms with Crippen LogP contribution in [0.2, 0.25) is 0 Å². The van der Waals surface area contributed by atoms with Crippen molar-refractivity contribution in [2.45, 2.75) is 31.5 Å². The van der Waals surface area contributed by atoms with Gasteiger partial charge in [-0.15, -0.1) is 0 Å². The van der Waals surface area contributed by atoms with Crippen LogP contribution in [0.15, 0.2) is 34.8 Å². The number of rotatable bonds is 3. The van der Waals surface area contributed by atoms with Gasteiger partial charge in [0.1, 0.15) is 5.75 Å². The van der Waals surface area contributed by atoms with Gasteiger partial charge in [-0.1, -0.05) is 55.6 Å². The highest BCUT2D eigenvalue weighted by Crippen LogP contribution is 2.41. The molecule has 2 aromatic carbocycles. The standard InChI is InChI=1S/C18H18Br2O/c1-11-3-4-12(2)14(7-11)9-17(20)16-10-15(19)8-13-5-6-21-18(13)16/h3-4,7-8,10,17H,5-6,9H2,1-2H3. The van der Waals surface area contributed by atoms with Gasteiger partial charge >= 0.3 is 0 Å². The summed E-state index contributed by atoms with van der Waals surface area (Å²) in [6, 6.07) is 11.0. The normalized spacial score (nSPS) is 14.7. The fraction of sp³-hybridized carbons (Fsp3) is 0.333. The number of alkyl halides is 1. The number of aryl methyl sites for hydroxylation is 2. The minimum atomic E-state index is 0.266. The van der Waals surface area contributed by atoms with Crippen molar-refractivity contribution >= 4 is 31.9 Å². The molecule has 1 heterocycles. The molecule has 3 rings (SSSR count). The second-order valence-electron chi connectivity index (χ2n) is 5.68. The molecule has 1 nitrogen and oxygen atoms in total. The molecule has 0 radical (unpaired) electrons. The molecule has 0 amide bonds. The summed E-state index contributed by atoms with van der Waals surface area (Å²) < 4.78 is 6.98. The van der Waals surface area contributed by atoms with Crippen LogP contribution < -0.4 is 4.74 Å². The van der Waals surface area contributed by atoms with Gasteiger partial charge in [0.05, 0.1) is 6.61 Å². The Morgan fingerprint density at radius 2 is 2.00 bits per heavy atom. The molecule has 0 spiro atoms. The van der Waals surface area contributed by atoms with Crippen molar-refractivity contribution in [2.75, 3.05) is 6.61 Å². The Kier molecular flexibility index (Phi) is 4.41. The zero-order valence-electron chi connectivity index (χ0n) is 12.2. The summed E-state index contributed by atoms with van der Waals surface area (Å²) in [5, 5.41) is 0. The van der Waals surface area contributed by atoms with Crippen LogP contribution in [0, 0.1) is 13.8 Å². The van der Waals surface area contributed by atoms with Crippen LogP contribution in [-0.4, -0.2) is 6.61 Å². The van der Waals surface area contributed by atoms with Crippen LogP contribution >= 0.6 is 31.9 Å². The average molecular weight is 410 g/mol. The molecule has 3 heteroatoms. The quantitative estimate of drug-likeness (QED) is 0.592. The molecule has 1 aliphatic heterocycles. The first-order chi connectivity index (χ1) is 10.0. The van der Waals surface area contributed by atoms with Crippen LogP contribution in [0.1, 0.15) is 32.6 Å². The largest absolute Gasteiger partial charge is 0.493 e. The maximum Gasteiger partial charge on any atom is 0.127 e. The molecule has 0 fully saturated rings. The fourth-order valence-corrected chi connectivity index (χ4v) is 4.07. The van der Waals surface area contributed by atoms with E-state index < -0.39 is 0 Å². The molecule has 1 aliphatic rings. The van der Waals surface area contributed by atoms with Gasteiger partial charge < -0.3 is 4.74 Å². The van der Waals surface area contributed by atoms with Crippen LogP contribution in [0.5, 0.6) is 5.75 Å². The molecule has 21 heavy (non-hydrogen) atoms. The predicted molar refractivity (Wildman–Crippen MR) is 94.6 cm³/mol. The Morgan fingerprint density at radius 1 is 1.19 bits per heavy atom. The molecule has 0 bridgehead atoms. The van der Waals surface area contributed by atoms with Gasteiger partial charge in [-0.2, -0.15) is 0 Å². The summed E-state index contributed by atoms with van der Waals surface area (Å²) >= 11 is 7.49. The monoisotopic (exact) mass is 408 g/mol. The minimum absolute atomic E-state index is 0.266. The van der Waals surface area contributed by atoms with E-state index in [0.29, 0.717) is 0 Å². The number of hydrogen-bond donors (Lipinski definition) is 0. The number of ether oxygens (including phenoxy) is 1. The molecular weight excluding hydrogens is 392 g/mol. The third kappa shape index (κ3) is 3.19. The Morgan fingerprint density at radius 3 is 2.81 bits per heavy atom. The summed E-state index contributed by atoms with van der Waals surface area (Å²) in [5.41, 5.74) is 6.61. The second-order valence-corrected chi connectivity index (χ2v) is 7.70. The zero-order valence-corrected chi connectivity index (χ0v) is 15.4. The number of hydrogen-bond acceptors (Lipinski definition) is 1. The van der Waals surface area contributed by atoms with Crippen molar-refractivity contribution in [2.24, 2.45) is 0 Å². The summed E-state index contributed by atoms with van der Waals surface area (Å²) in [5.74, 6) is 1.07. The van der Waals surface area contributed by atoms with Gasteiger partial charge in [0, 0.05) is 21.3 Å². The molecule has 1 atom stereocenters. The number of fused-ring (bicyclic) bond motifs is 1. The maximum absolute atomic E-state index is 5.85. The molecule has 0 saturated carbocycles. The van der Waals surface area contributed by atoms with E-state index >= 15 is 0 Å². The summed E-state index contributed by atoms with van der Waals surface area (Å²) in [6.45, 7) is 5.12. The van der Waals surface area contributed by atoms with Crippen molar-refractivity contribution in [1.29, 1.82) is 0 Å². The van der Waals surface area contributed by atoms with E-state index in [1.54, 1.807) is 0 Å². The maximum atomic E-state index is 5.85. The van der Waals surface area contributed by atoms with E-state index in [1.807, 2.05) is 0 Å². The molecule has 1 unspecified atom stereocenters. The Labute approximate surface area is 143 Å². The van der Waals surface area contributed by atoms with Gasteiger partial charge in [0.2, 0.25) is 0 Å². The highest BCUT2D eigenvalue weighted by molar-refractivity contribution is 9.10. The molecular formula is C18H18Br2O. The van der Waals surface area contributed by atoms with Crippen LogP contribution in [0.25, 0.3) is 0 Å². The lowest BCUT2D eigenvalue weighted by molar-refractivity contribution is 0.353. The SMILES string of the molecule is Cc1ccc(C)c(CC(Br)c2cc(Br)cc3c2OCC3)c1. The van der Waals surface area contributed by atoms with Gasteiger partial charge in [-0.05, 0) is 49.1 Å². The summed E-state index contributed by atoms with van der Waals surface area (Å²) in [4.78, 5) is 0.266. The molecule has 0 aromatic heterocycles. The molecule has 0 aliphatic carbocycles. The highest BCUT2D eigenvalue weighted by atomic mass is 79.9. The lowest BCUT2D eigenvalue weighted by Gasteiger charge is -2.16. The fourth-order valence-electron chi connectivity index (χ4n) is 2.85. The third-order valence-corrected chi connectivity index (χ3v) is 5.29. The van der Waals surface area contributed by atoms with Crippen LogP contribution in [-0.2, 0) is 12.8 Å². The first-order valence-corrected chi connectivity index (χ1v) is 8.91. The van der Waals surface area contributed by atoms with Crippen LogP contribution in [0.4, 0.5) is 0 Å². The minimum Gasteiger partial charge on any atom is -0.493 e. The van der Waals surface area contributed by atoms with E-state index in [2.05, 4.69) is 76.0 Å². The summed E-state index contributed by atoms with van der Waals surface area (Å²) in [7, 11) is 0. The van der Waals surface area contributed by atoms with Crippen molar-refractivity contribution in [3.05, 3.63) is 62.6 Å². The van der Waals surface area contributed by atoms with Crippen molar-refractivity contribution in [3.63, 3.8) is 0 Å². The van der Waals surface area contributed by atoms with E-state index in [1.165, 1.54) is 27.8 Å². The number of halogens is 2. The third-order valence-electron chi connectivity index (χ3n) is 4.02. The molecule has 0 saturated heterocycles. The van der Waals surface area contributed by atoms with E-state index in [9.17, 15) is 0 Å². The topological polar surface area (TPSA) is 9.23 Å². The van der Waals surface area contributed by atoms with Crippen molar-refractivity contribution in [3.8, 4) is 5.75 Å². The second kappa shape index (κ2) is 6.13. The molecule has 2 aromatic rings. The Hall–Kier alpha value is -0.800. The van der Waals surface area contributed by atoms with Crippen molar-refractivity contribution in [1.82, 2.24) is 0 Å². The first kappa shape index (κ1) is 15.1. The average Bonchev–Trinajstić information content (AvgIpc) is 2.89.